The molecule has 1 heterocycles. The number of benzene rings is 1. The molecule has 0 aliphatic rings. The van der Waals surface area contributed by atoms with Crippen molar-refractivity contribution >= 4 is 27.7 Å². The number of hydrogen-bond donors (Lipinski definition) is 3. The van der Waals surface area contributed by atoms with Gasteiger partial charge in [0.15, 0.2) is 5.82 Å². The molecule has 4 N–H and O–H groups in total. The van der Waals surface area contributed by atoms with Crippen LogP contribution in [0.2, 0.25) is 0 Å². The number of nitrogens with two attached hydrogens (primary N) is 1. The van der Waals surface area contributed by atoms with Crippen LogP contribution in [0.3, 0.4) is 0 Å². The maximum absolute atomic E-state index is 12.5. The zero-order valence-corrected chi connectivity index (χ0v) is 15.5. The fourth-order valence-electron chi connectivity index (χ4n) is 2.26. The van der Waals surface area contributed by atoms with Crippen molar-refractivity contribution in [1.29, 1.82) is 0 Å². The molecule has 1 atom stereocenters. The first kappa shape index (κ1) is 17.7. The second-order valence-corrected chi connectivity index (χ2v) is 8.09. The van der Waals surface area contributed by atoms with Crippen molar-refractivity contribution in [3.05, 3.63) is 46.1 Å². The standard InChI is InChI=1S/C17H23BrN4O/c1-16(2,3)10-13-9-14(22-21-13)20-15(23)17(4,19)11-5-7-12(18)8-6-11/h5-9H,10,19H2,1-4H3,(H2,20,21,22,23). The molecule has 0 saturated carbocycles. The lowest BCUT2D eigenvalue weighted by Gasteiger charge is -2.23. The van der Waals surface area contributed by atoms with E-state index < -0.39 is 5.54 Å². The van der Waals surface area contributed by atoms with Gasteiger partial charge in [-0.2, -0.15) is 5.10 Å². The molecule has 1 aromatic heterocycles. The third kappa shape index (κ3) is 4.65. The maximum Gasteiger partial charge on any atom is 0.249 e. The summed E-state index contributed by atoms with van der Waals surface area (Å²) in [5.41, 5.74) is 6.96. The first-order valence-electron chi connectivity index (χ1n) is 7.48. The van der Waals surface area contributed by atoms with Gasteiger partial charge < -0.3 is 11.1 Å². The van der Waals surface area contributed by atoms with Crippen molar-refractivity contribution in [3.8, 4) is 0 Å². The Labute approximate surface area is 145 Å². The molecule has 0 aliphatic heterocycles. The van der Waals surface area contributed by atoms with E-state index in [1.165, 1.54) is 0 Å². The van der Waals surface area contributed by atoms with E-state index in [0.717, 1.165) is 22.2 Å². The topological polar surface area (TPSA) is 83.8 Å². The van der Waals surface area contributed by atoms with Gasteiger partial charge in [-0.15, -0.1) is 0 Å². The summed E-state index contributed by atoms with van der Waals surface area (Å²) in [4.78, 5) is 12.5. The molecule has 0 aliphatic carbocycles. The highest BCUT2D eigenvalue weighted by Gasteiger charge is 2.31. The van der Waals surface area contributed by atoms with Gasteiger partial charge in [0, 0.05) is 16.2 Å². The van der Waals surface area contributed by atoms with Gasteiger partial charge in [0.2, 0.25) is 5.91 Å². The van der Waals surface area contributed by atoms with Crippen LogP contribution in [0.1, 0.15) is 39.0 Å². The smallest absolute Gasteiger partial charge is 0.249 e. The van der Waals surface area contributed by atoms with Gasteiger partial charge in [0.1, 0.15) is 5.54 Å². The van der Waals surface area contributed by atoms with Gasteiger partial charge in [-0.3, -0.25) is 9.89 Å². The molecule has 0 fully saturated rings. The Hall–Kier alpha value is -1.66. The molecule has 2 rings (SSSR count). The normalized spacial score (nSPS) is 14.3. The van der Waals surface area contributed by atoms with Gasteiger partial charge in [-0.1, -0.05) is 48.8 Å². The maximum atomic E-state index is 12.5. The summed E-state index contributed by atoms with van der Waals surface area (Å²) < 4.78 is 0.941. The van der Waals surface area contributed by atoms with E-state index in [9.17, 15) is 4.79 Å². The first-order chi connectivity index (χ1) is 10.6. The van der Waals surface area contributed by atoms with Crippen molar-refractivity contribution in [2.45, 2.75) is 39.7 Å². The highest BCUT2D eigenvalue weighted by Crippen LogP contribution is 2.23. The number of nitrogens with zero attached hydrogens (tertiary/aromatic N) is 1. The second kappa shape index (κ2) is 6.45. The van der Waals surface area contributed by atoms with E-state index in [0.29, 0.717) is 5.82 Å². The van der Waals surface area contributed by atoms with E-state index in [4.69, 9.17) is 5.73 Å². The number of H-pyrrole nitrogens is 1. The number of aromatic amines is 1. The van der Waals surface area contributed by atoms with Crippen LogP contribution in [-0.2, 0) is 16.8 Å². The van der Waals surface area contributed by atoms with Crippen LogP contribution < -0.4 is 11.1 Å². The highest BCUT2D eigenvalue weighted by molar-refractivity contribution is 9.10. The van der Waals surface area contributed by atoms with Crippen molar-refractivity contribution < 1.29 is 4.79 Å². The number of anilines is 1. The largest absolute Gasteiger partial charge is 0.314 e. The molecule has 0 bridgehead atoms. The van der Waals surface area contributed by atoms with Gasteiger partial charge in [-0.05, 0) is 36.5 Å². The number of hydrogen-bond acceptors (Lipinski definition) is 3. The predicted octanol–water partition coefficient (Wildman–Crippen LogP) is 3.57. The summed E-state index contributed by atoms with van der Waals surface area (Å²) in [6.07, 6.45) is 0.850. The summed E-state index contributed by atoms with van der Waals surface area (Å²) in [6.45, 7) is 8.14. The molecular weight excluding hydrogens is 356 g/mol. The lowest BCUT2D eigenvalue weighted by Crippen LogP contribution is -2.45. The lowest BCUT2D eigenvalue weighted by atomic mass is 9.90. The Balaban J connectivity index is 2.10. The Kier molecular flexibility index (Phi) is 4.96. The van der Waals surface area contributed by atoms with Crippen LogP contribution >= 0.6 is 15.9 Å². The zero-order chi connectivity index (χ0) is 17.3. The Morgan fingerprint density at radius 2 is 1.87 bits per heavy atom. The van der Waals surface area contributed by atoms with Crippen LogP contribution in [0.4, 0.5) is 5.82 Å². The van der Waals surface area contributed by atoms with Gasteiger partial charge in [-0.25, -0.2) is 0 Å². The van der Waals surface area contributed by atoms with Crippen LogP contribution in [-0.4, -0.2) is 16.1 Å². The van der Waals surface area contributed by atoms with Crippen LogP contribution in [0, 0.1) is 5.41 Å². The predicted molar refractivity (Wildman–Crippen MR) is 96.1 cm³/mol. The van der Waals surface area contributed by atoms with Crippen molar-refractivity contribution in [2.75, 3.05) is 5.32 Å². The van der Waals surface area contributed by atoms with E-state index in [1.807, 2.05) is 30.3 Å². The van der Waals surface area contributed by atoms with Crippen LogP contribution in [0.5, 0.6) is 0 Å². The SMILES string of the molecule is CC(C)(C)Cc1cc(NC(=O)C(C)(N)c2ccc(Br)cc2)n[nH]1. The molecule has 5 nitrogen and oxygen atoms in total. The molecule has 1 amide bonds. The number of aromatic nitrogens is 2. The summed E-state index contributed by atoms with van der Waals surface area (Å²) in [5.74, 6) is 0.191. The van der Waals surface area contributed by atoms with Crippen LogP contribution in [0.25, 0.3) is 0 Å². The second-order valence-electron chi connectivity index (χ2n) is 7.18. The monoisotopic (exact) mass is 378 g/mol. The number of nitrogens with one attached hydrogen (secondary N) is 2. The van der Waals surface area contributed by atoms with Crippen LogP contribution in [0.15, 0.2) is 34.8 Å². The lowest BCUT2D eigenvalue weighted by molar-refractivity contribution is -0.120. The third-order valence-electron chi connectivity index (χ3n) is 3.51. The number of carbonyl (C=O) groups is 1. The quantitative estimate of drug-likeness (QED) is 0.759. The first-order valence-corrected chi connectivity index (χ1v) is 8.28. The van der Waals surface area contributed by atoms with E-state index in [2.05, 4.69) is 52.2 Å². The van der Waals surface area contributed by atoms with Crippen molar-refractivity contribution in [3.63, 3.8) is 0 Å². The molecule has 0 spiro atoms. The molecule has 0 saturated heterocycles. The molecule has 1 aromatic carbocycles. The summed E-state index contributed by atoms with van der Waals surface area (Å²) in [5, 5.41) is 9.88. The molecule has 0 radical (unpaired) electrons. The number of carbonyl (C=O) groups excluding carboxylic acids is 1. The molecule has 1 unspecified atom stereocenters. The molecule has 2 aromatic rings. The van der Waals surface area contributed by atoms with E-state index >= 15 is 0 Å². The molecule has 124 valence electrons. The molecule has 6 heteroatoms. The highest BCUT2D eigenvalue weighted by atomic mass is 79.9. The van der Waals surface area contributed by atoms with Gasteiger partial charge in [0.25, 0.3) is 0 Å². The zero-order valence-electron chi connectivity index (χ0n) is 13.9. The minimum absolute atomic E-state index is 0.146. The minimum atomic E-state index is -1.14. The third-order valence-corrected chi connectivity index (χ3v) is 4.04. The van der Waals surface area contributed by atoms with Crippen molar-refractivity contribution in [2.24, 2.45) is 11.1 Å². The van der Waals surface area contributed by atoms with E-state index in [-0.39, 0.29) is 11.3 Å². The summed E-state index contributed by atoms with van der Waals surface area (Å²) in [6, 6.07) is 9.24. The number of rotatable bonds is 4. The summed E-state index contributed by atoms with van der Waals surface area (Å²) in [7, 11) is 0. The Morgan fingerprint density at radius 3 is 2.43 bits per heavy atom. The number of halogens is 1. The molecule has 23 heavy (non-hydrogen) atoms. The fourth-order valence-corrected chi connectivity index (χ4v) is 2.53. The Bertz CT molecular complexity index is 683. The summed E-state index contributed by atoms with van der Waals surface area (Å²) >= 11 is 3.37. The average Bonchev–Trinajstić information content (AvgIpc) is 2.84. The van der Waals surface area contributed by atoms with Crippen molar-refractivity contribution in [1.82, 2.24) is 10.2 Å². The Morgan fingerprint density at radius 1 is 1.26 bits per heavy atom. The molecular formula is C17H23BrN4O. The fraction of sp³-hybridized carbons (Fsp3) is 0.412. The van der Waals surface area contributed by atoms with Gasteiger partial charge >= 0.3 is 0 Å². The minimum Gasteiger partial charge on any atom is -0.314 e. The average molecular weight is 379 g/mol. The number of amides is 1. The van der Waals surface area contributed by atoms with E-state index in [1.54, 1.807) is 6.92 Å². The van der Waals surface area contributed by atoms with Gasteiger partial charge in [0.05, 0.1) is 0 Å².